The molecule has 25 heavy (non-hydrogen) atoms. The molecule has 1 aliphatic heterocycles. The fourth-order valence-corrected chi connectivity index (χ4v) is 4.47. The standard InChI is InChI=1S/C18H22N2O4S/c1-11(24-18(22)14-7-5-9-23-14)16(21)20-17-13(10-19)12-6-3-2-4-8-15(12)25-17/h11,14H,2-9H2,1H3,(H,20,21)/t11-,14-/m1/s1. The first-order valence-corrected chi connectivity index (χ1v) is 9.59. The zero-order valence-corrected chi connectivity index (χ0v) is 15.1. The first-order chi connectivity index (χ1) is 12.1. The lowest BCUT2D eigenvalue weighted by Crippen LogP contribution is -2.33. The highest BCUT2D eigenvalue weighted by Crippen LogP contribution is 2.37. The minimum atomic E-state index is -0.926. The Hall–Kier alpha value is -1.91. The van der Waals surface area contributed by atoms with Crippen molar-refractivity contribution < 1.29 is 19.1 Å². The summed E-state index contributed by atoms with van der Waals surface area (Å²) in [5.74, 6) is -0.915. The number of hydrogen-bond donors (Lipinski definition) is 1. The van der Waals surface area contributed by atoms with Crippen LogP contribution in [-0.4, -0.2) is 30.7 Å². The summed E-state index contributed by atoms with van der Waals surface area (Å²) in [5, 5.41) is 12.8. The second-order valence-electron chi connectivity index (χ2n) is 6.45. The van der Waals surface area contributed by atoms with Crippen LogP contribution in [0.25, 0.3) is 0 Å². The van der Waals surface area contributed by atoms with Crippen molar-refractivity contribution in [2.24, 2.45) is 0 Å². The van der Waals surface area contributed by atoms with E-state index < -0.39 is 24.1 Å². The quantitative estimate of drug-likeness (QED) is 0.657. The number of amides is 1. The number of hydrogen-bond acceptors (Lipinski definition) is 6. The van der Waals surface area contributed by atoms with Gasteiger partial charge in [0.1, 0.15) is 11.1 Å². The molecule has 0 spiro atoms. The highest BCUT2D eigenvalue weighted by molar-refractivity contribution is 7.16. The van der Waals surface area contributed by atoms with Crippen LogP contribution >= 0.6 is 11.3 Å². The Morgan fingerprint density at radius 2 is 2.12 bits per heavy atom. The van der Waals surface area contributed by atoms with Crippen LogP contribution < -0.4 is 5.32 Å². The summed E-state index contributed by atoms with van der Waals surface area (Å²) in [6.07, 6.45) is 5.15. The number of aryl methyl sites for hydroxylation is 1. The molecule has 0 aromatic carbocycles. The van der Waals surface area contributed by atoms with Crippen molar-refractivity contribution in [1.82, 2.24) is 0 Å². The number of rotatable bonds is 4. The van der Waals surface area contributed by atoms with Gasteiger partial charge in [-0.15, -0.1) is 11.3 Å². The van der Waals surface area contributed by atoms with E-state index >= 15 is 0 Å². The smallest absolute Gasteiger partial charge is 0.336 e. The zero-order chi connectivity index (χ0) is 17.8. The molecule has 1 aliphatic carbocycles. The topological polar surface area (TPSA) is 88.4 Å². The van der Waals surface area contributed by atoms with Crippen LogP contribution in [-0.2, 0) is 31.9 Å². The van der Waals surface area contributed by atoms with Crippen LogP contribution in [0.15, 0.2) is 0 Å². The van der Waals surface area contributed by atoms with Crippen molar-refractivity contribution in [1.29, 1.82) is 5.26 Å². The molecule has 2 aliphatic rings. The van der Waals surface area contributed by atoms with Crippen molar-refractivity contribution in [3.05, 3.63) is 16.0 Å². The van der Waals surface area contributed by atoms with E-state index in [1.54, 1.807) is 0 Å². The molecule has 2 heterocycles. The van der Waals surface area contributed by atoms with E-state index in [2.05, 4.69) is 11.4 Å². The van der Waals surface area contributed by atoms with Crippen molar-refractivity contribution in [2.45, 2.75) is 64.1 Å². The Morgan fingerprint density at radius 3 is 2.84 bits per heavy atom. The van der Waals surface area contributed by atoms with Crippen LogP contribution in [0.2, 0.25) is 0 Å². The van der Waals surface area contributed by atoms with E-state index in [1.807, 2.05) is 0 Å². The van der Waals surface area contributed by atoms with Gasteiger partial charge >= 0.3 is 5.97 Å². The SMILES string of the molecule is C[C@@H](OC(=O)[C@H]1CCCO1)C(=O)Nc1sc2c(c1C#N)CCCCC2. The Balaban J connectivity index is 1.66. The predicted molar refractivity (Wildman–Crippen MR) is 93.5 cm³/mol. The summed E-state index contributed by atoms with van der Waals surface area (Å²) in [7, 11) is 0. The average Bonchev–Trinajstić information content (AvgIpc) is 3.18. The molecule has 0 bridgehead atoms. The summed E-state index contributed by atoms with van der Waals surface area (Å²) in [5.41, 5.74) is 1.64. The minimum absolute atomic E-state index is 0.417. The molecule has 1 saturated heterocycles. The third kappa shape index (κ3) is 4.02. The molecular formula is C18H22N2O4S. The molecule has 1 amide bonds. The normalized spacial score (nSPS) is 20.9. The van der Waals surface area contributed by atoms with Gasteiger partial charge in [0.2, 0.25) is 0 Å². The van der Waals surface area contributed by atoms with E-state index in [9.17, 15) is 14.9 Å². The van der Waals surface area contributed by atoms with Gasteiger partial charge in [0.25, 0.3) is 5.91 Å². The van der Waals surface area contributed by atoms with Crippen molar-refractivity contribution in [2.75, 3.05) is 11.9 Å². The van der Waals surface area contributed by atoms with Crippen LogP contribution in [0.4, 0.5) is 5.00 Å². The molecule has 0 unspecified atom stereocenters. The molecular weight excluding hydrogens is 340 g/mol. The fraction of sp³-hybridized carbons (Fsp3) is 0.611. The second kappa shape index (κ2) is 7.98. The van der Waals surface area contributed by atoms with Crippen molar-refractivity contribution >= 4 is 28.2 Å². The maximum Gasteiger partial charge on any atom is 0.336 e. The molecule has 3 rings (SSSR count). The van der Waals surface area contributed by atoms with Crippen molar-refractivity contribution in [3.63, 3.8) is 0 Å². The molecule has 134 valence electrons. The number of fused-ring (bicyclic) bond motifs is 1. The number of anilines is 1. The number of nitrogens with zero attached hydrogens (tertiary/aromatic N) is 1. The average molecular weight is 362 g/mol. The van der Waals surface area contributed by atoms with Crippen LogP contribution in [0, 0.1) is 11.3 Å². The lowest BCUT2D eigenvalue weighted by Gasteiger charge is -2.15. The van der Waals surface area contributed by atoms with Crippen LogP contribution in [0.3, 0.4) is 0 Å². The lowest BCUT2D eigenvalue weighted by molar-refractivity contribution is -0.162. The monoisotopic (exact) mass is 362 g/mol. The second-order valence-corrected chi connectivity index (χ2v) is 7.56. The number of esters is 1. The number of nitriles is 1. The molecule has 7 heteroatoms. The van der Waals surface area contributed by atoms with Gasteiger partial charge in [0, 0.05) is 11.5 Å². The number of carbonyl (C=O) groups is 2. The first kappa shape index (κ1) is 17.9. The van der Waals surface area contributed by atoms with Crippen LogP contribution in [0.1, 0.15) is 55.0 Å². The first-order valence-electron chi connectivity index (χ1n) is 8.77. The van der Waals surface area contributed by atoms with Gasteiger partial charge in [-0.3, -0.25) is 4.79 Å². The van der Waals surface area contributed by atoms with E-state index in [0.717, 1.165) is 37.7 Å². The molecule has 6 nitrogen and oxygen atoms in total. The summed E-state index contributed by atoms with van der Waals surface area (Å²) >= 11 is 1.47. The Labute approximate surface area is 151 Å². The highest BCUT2D eigenvalue weighted by Gasteiger charge is 2.29. The Kier molecular flexibility index (Phi) is 5.71. The van der Waals surface area contributed by atoms with E-state index in [1.165, 1.54) is 29.6 Å². The number of thiophene rings is 1. The maximum atomic E-state index is 12.4. The largest absolute Gasteiger partial charge is 0.451 e. The minimum Gasteiger partial charge on any atom is -0.451 e. The molecule has 0 radical (unpaired) electrons. The van der Waals surface area contributed by atoms with Gasteiger partial charge in [0.05, 0.1) is 5.56 Å². The highest BCUT2D eigenvalue weighted by atomic mass is 32.1. The van der Waals surface area contributed by atoms with E-state index in [4.69, 9.17) is 9.47 Å². The van der Waals surface area contributed by atoms with Gasteiger partial charge in [-0.05, 0) is 51.0 Å². The zero-order valence-electron chi connectivity index (χ0n) is 14.3. The Morgan fingerprint density at radius 1 is 1.32 bits per heavy atom. The molecule has 0 saturated carbocycles. The van der Waals surface area contributed by atoms with Gasteiger partial charge in [0.15, 0.2) is 12.2 Å². The lowest BCUT2D eigenvalue weighted by atomic mass is 10.1. The molecule has 1 aromatic rings. The van der Waals surface area contributed by atoms with Gasteiger partial charge < -0.3 is 14.8 Å². The molecule has 1 N–H and O–H groups in total. The maximum absolute atomic E-state index is 12.4. The molecule has 1 aromatic heterocycles. The summed E-state index contributed by atoms with van der Waals surface area (Å²) in [6.45, 7) is 2.08. The molecule has 1 fully saturated rings. The molecule has 2 atom stereocenters. The van der Waals surface area contributed by atoms with Crippen LogP contribution in [0.5, 0.6) is 0 Å². The van der Waals surface area contributed by atoms with Gasteiger partial charge in [-0.1, -0.05) is 6.42 Å². The predicted octanol–water partition coefficient (Wildman–Crippen LogP) is 2.94. The van der Waals surface area contributed by atoms with E-state index in [-0.39, 0.29) is 0 Å². The third-order valence-corrected chi connectivity index (χ3v) is 5.83. The third-order valence-electron chi connectivity index (χ3n) is 4.62. The summed E-state index contributed by atoms with van der Waals surface area (Å²) in [6, 6.07) is 2.23. The fourth-order valence-electron chi connectivity index (χ4n) is 3.23. The Bertz CT molecular complexity index is 701. The number of ether oxygens (including phenoxy) is 2. The number of carbonyl (C=O) groups excluding carboxylic acids is 2. The van der Waals surface area contributed by atoms with Crippen molar-refractivity contribution in [3.8, 4) is 6.07 Å². The number of nitrogens with one attached hydrogen (secondary N) is 1. The van der Waals surface area contributed by atoms with E-state index in [0.29, 0.717) is 23.6 Å². The van der Waals surface area contributed by atoms with Gasteiger partial charge in [-0.2, -0.15) is 5.26 Å². The summed E-state index contributed by atoms with van der Waals surface area (Å²) < 4.78 is 10.5. The van der Waals surface area contributed by atoms with Gasteiger partial charge in [-0.25, -0.2) is 4.79 Å². The summed E-state index contributed by atoms with van der Waals surface area (Å²) in [4.78, 5) is 25.5.